The van der Waals surface area contributed by atoms with E-state index < -0.39 is 15.6 Å². The fourth-order valence-corrected chi connectivity index (χ4v) is 5.45. The summed E-state index contributed by atoms with van der Waals surface area (Å²) in [5.41, 5.74) is 5.93. The molecule has 0 spiro atoms. The summed E-state index contributed by atoms with van der Waals surface area (Å²) in [6.07, 6.45) is 6.78. The largest absolute Gasteiger partial charge is 0.339 e. The number of nitrogens with zero attached hydrogens (tertiary/aromatic N) is 5. The lowest BCUT2D eigenvalue weighted by molar-refractivity contribution is 0.268. The summed E-state index contributed by atoms with van der Waals surface area (Å²) in [7, 11) is -1.79. The predicted molar refractivity (Wildman–Crippen MR) is 105 cm³/mol. The molecule has 28 heavy (non-hydrogen) atoms. The maximum atomic E-state index is 12.8. The second kappa shape index (κ2) is 7.74. The highest BCUT2D eigenvalue weighted by molar-refractivity contribution is 7.89. The van der Waals surface area contributed by atoms with Crippen molar-refractivity contribution in [2.75, 3.05) is 13.1 Å². The van der Waals surface area contributed by atoms with E-state index in [9.17, 15) is 8.42 Å². The van der Waals surface area contributed by atoms with Crippen molar-refractivity contribution < 1.29 is 12.9 Å². The number of hydrogen-bond acceptors (Lipinski definition) is 7. The minimum atomic E-state index is -3.57. The quantitative estimate of drug-likeness (QED) is 0.785. The van der Waals surface area contributed by atoms with Crippen LogP contribution in [0.2, 0.25) is 0 Å². The zero-order chi connectivity index (χ0) is 19.2. The molecular formula is C17H27ClN6O3S. The highest BCUT2D eigenvalue weighted by Gasteiger charge is 2.38. The standard InChI is InChI=1S/C17H26N6O3S.ClH/c1-12-19-14(11-22(12)2)27(24,25)23-9-5-13(6-10-23)15-20-16(21-26-15)17(18)7-3-4-8-17;/h11,13H,3-10,18H2,1-2H3;1H. The van der Waals surface area contributed by atoms with Crippen LogP contribution in [0.5, 0.6) is 0 Å². The molecule has 9 nitrogen and oxygen atoms in total. The number of rotatable bonds is 4. The minimum Gasteiger partial charge on any atom is -0.339 e. The highest BCUT2D eigenvalue weighted by atomic mass is 35.5. The van der Waals surface area contributed by atoms with Gasteiger partial charge in [0.05, 0.1) is 5.54 Å². The van der Waals surface area contributed by atoms with Gasteiger partial charge in [0, 0.05) is 32.3 Å². The van der Waals surface area contributed by atoms with Gasteiger partial charge in [-0.2, -0.15) is 9.29 Å². The SMILES string of the molecule is Cc1nc(S(=O)(=O)N2CCC(c3nc(C4(N)CCCC4)no3)CC2)cn1C.Cl. The van der Waals surface area contributed by atoms with Gasteiger partial charge in [-0.25, -0.2) is 13.4 Å². The topological polar surface area (TPSA) is 120 Å². The molecule has 0 unspecified atom stereocenters. The van der Waals surface area contributed by atoms with E-state index in [-0.39, 0.29) is 23.4 Å². The molecule has 0 bridgehead atoms. The summed E-state index contributed by atoms with van der Waals surface area (Å²) >= 11 is 0. The summed E-state index contributed by atoms with van der Waals surface area (Å²) in [5.74, 6) is 1.90. The van der Waals surface area contributed by atoms with Crippen LogP contribution in [0.25, 0.3) is 0 Å². The van der Waals surface area contributed by atoms with Gasteiger partial charge < -0.3 is 14.8 Å². The molecule has 0 radical (unpaired) electrons. The van der Waals surface area contributed by atoms with E-state index in [1.165, 1.54) is 4.31 Å². The number of piperidine rings is 1. The Morgan fingerprint density at radius 2 is 1.86 bits per heavy atom. The monoisotopic (exact) mass is 430 g/mol. The summed E-state index contributed by atoms with van der Waals surface area (Å²) in [5, 5.41) is 4.22. The van der Waals surface area contributed by atoms with Crippen molar-refractivity contribution in [2.45, 2.75) is 61.9 Å². The second-order valence-corrected chi connectivity index (χ2v) is 9.62. The van der Waals surface area contributed by atoms with Crippen molar-refractivity contribution >= 4 is 22.4 Å². The van der Waals surface area contributed by atoms with Crippen LogP contribution in [0, 0.1) is 6.92 Å². The Bertz CT molecular complexity index is 907. The first-order valence-corrected chi connectivity index (χ1v) is 10.9. The molecule has 2 N–H and O–H groups in total. The molecule has 0 atom stereocenters. The smallest absolute Gasteiger partial charge is 0.262 e. The lowest BCUT2D eigenvalue weighted by Gasteiger charge is -2.28. The predicted octanol–water partition coefficient (Wildman–Crippen LogP) is 1.83. The average molecular weight is 431 g/mol. The molecule has 1 saturated carbocycles. The zero-order valence-corrected chi connectivity index (χ0v) is 17.8. The normalized spacial score (nSPS) is 21.0. The van der Waals surface area contributed by atoms with Crippen LogP contribution in [0.4, 0.5) is 0 Å². The van der Waals surface area contributed by atoms with Gasteiger partial charge >= 0.3 is 0 Å². The van der Waals surface area contributed by atoms with Crippen molar-refractivity contribution in [3.63, 3.8) is 0 Å². The Morgan fingerprint density at radius 1 is 1.21 bits per heavy atom. The summed E-state index contributed by atoms with van der Waals surface area (Å²) in [6.45, 7) is 2.61. The molecule has 1 saturated heterocycles. The Labute approximate surface area is 171 Å². The molecule has 156 valence electrons. The average Bonchev–Trinajstić information content (AvgIpc) is 3.37. The Balaban J connectivity index is 0.00000225. The van der Waals surface area contributed by atoms with Gasteiger partial charge in [-0.05, 0) is 32.6 Å². The zero-order valence-electron chi connectivity index (χ0n) is 16.2. The van der Waals surface area contributed by atoms with Crippen molar-refractivity contribution in [2.24, 2.45) is 12.8 Å². The van der Waals surface area contributed by atoms with E-state index in [0.29, 0.717) is 43.5 Å². The lowest BCUT2D eigenvalue weighted by Crippen LogP contribution is -2.38. The number of nitrogens with two attached hydrogens (primary N) is 1. The summed E-state index contributed by atoms with van der Waals surface area (Å²) in [4.78, 5) is 8.73. The minimum absolute atomic E-state index is 0. The highest BCUT2D eigenvalue weighted by Crippen LogP contribution is 2.36. The van der Waals surface area contributed by atoms with Crippen LogP contribution in [0.15, 0.2) is 15.7 Å². The Morgan fingerprint density at radius 3 is 2.43 bits per heavy atom. The molecule has 2 aliphatic rings. The molecule has 1 aliphatic carbocycles. The third kappa shape index (κ3) is 3.70. The van der Waals surface area contributed by atoms with Gasteiger partial charge in [0.1, 0.15) is 5.82 Å². The van der Waals surface area contributed by atoms with Crippen molar-refractivity contribution in [1.29, 1.82) is 0 Å². The number of halogens is 1. The van der Waals surface area contributed by atoms with Crippen molar-refractivity contribution in [1.82, 2.24) is 24.0 Å². The molecule has 4 rings (SSSR count). The number of imidazole rings is 1. The van der Waals surface area contributed by atoms with E-state index in [2.05, 4.69) is 15.1 Å². The van der Waals surface area contributed by atoms with E-state index in [0.717, 1.165) is 25.7 Å². The fraction of sp³-hybridized carbons (Fsp3) is 0.706. The van der Waals surface area contributed by atoms with E-state index in [1.807, 2.05) is 0 Å². The van der Waals surface area contributed by atoms with Crippen LogP contribution in [-0.2, 0) is 22.6 Å². The molecule has 11 heteroatoms. The number of aromatic nitrogens is 4. The van der Waals surface area contributed by atoms with Gasteiger partial charge in [-0.15, -0.1) is 12.4 Å². The number of hydrogen-bond donors (Lipinski definition) is 1. The van der Waals surface area contributed by atoms with Gasteiger partial charge in [0.25, 0.3) is 10.0 Å². The first-order chi connectivity index (χ1) is 12.8. The van der Waals surface area contributed by atoms with Crippen LogP contribution in [-0.4, -0.2) is 45.5 Å². The summed E-state index contributed by atoms with van der Waals surface area (Å²) in [6, 6.07) is 0. The van der Waals surface area contributed by atoms with E-state index in [1.54, 1.807) is 24.7 Å². The Hall–Kier alpha value is -1.49. The van der Waals surface area contributed by atoms with Gasteiger partial charge in [-0.1, -0.05) is 18.0 Å². The molecule has 3 heterocycles. The van der Waals surface area contributed by atoms with Crippen LogP contribution in [0.3, 0.4) is 0 Å². The maximum absolute atomic E-state index is 12.8. The van der Waals surface area contributed by atoms with Crippen molar-refractivity contribution in [3.8, 4) is 0 Å². The first-order valence-electron chi connectivity index (χ1n) is 9.43. The van der Waals surface area contributed by atoms with Crippen molar-refractivity contribution in [3.05, 3.63) is 23.7 Å². The molecule has 0 amide bonds. The Kier molecular flexibility index (Phi) is 5.86. The number of sulfonamides is 1. The molecule has 2 aromatic heterocycles. The van der Waals surface area contributed by atoms with Gasteiger partial charge in [0.2, 0.25) is 5.89 Å². The molecule has 2 aromatic rings. The van der Waals surface area contributed by atoms with Crippen LogP contribution >= 0.6 is 12.4 Å². The first kappa shape index (κ1) is 21.2. The molecular weight excluding hydrogens is 404 g/mol. The lowest BCUT2D eigenvalue weighted by atomic mass is 9.97. The molecule has 1 aliphatic heterocycles. The van der Waals surface area contributed by atoms with Crippen LogP contribution in [0.1, 0.15) is 62.0 Å². The second-order valence-electron chi connectivity index (χ2n) is 7.74. The van der Waals surface area contributed by atoms with Gasteiger partial charge in [0.15, 0.2) is 10.9 Å². The van der Waals surface area contributed by atoms with Crippen LogP contribution < -0.4 is 5.73 Å². The summed E-state index contributed by atoms with van der Waals surface area (Å²) < 4.78 is 34.3. The number of aryl methyl sites for hydroxylation is 2. The molecule has 2 fully saturated rings. The third-order valence-corrected chi connectivity index (χ3v) is 7.65. The molecule has 0 aromatic carbocycles. The fourth-order valence-electron chi connectivity index (χ4n) is 3.96. The maximum Gasteiger partial charge on any atom is 0.262 e. The van der Waals surface area contributed by atoms with E-state index in [4.69, 9.17) is 10.3 Å². The van der Waals surface area contributed by atoms with E-state index >= 15 is 0 Å². The third-order valence-electron chi connectivity index (χ3n) is 5.88. The van der Waals surface area contributed by atoms with Gasteiger partial charge in [-0.3, -0.25) is 0 Å².